The van der Waals surface area contributed by atoms with Crippen LogP contribution in [0, 0.1) is 29.1 Å². The van der Waals surface area contributed by atoms with Gasteiger partial charge in [-0.3, -0.25) is 20.0 Å². The zero-order chi connectivity index (χ0) is 31.1. The van der Waals surface area contributed by atoms with Gasteiger partial charge in [0, 0.05) is 43.7 Å². The number of rotatable bonds is 4. The number of nitriles is 1. The SMILES string of the molecule is C=CC(=O)N1CC(C)N(C2NC(=O)N3C4NC(C(F)CC24)N2NNC=C2CC=CCC2CCNC(C(C)C)C23)CC1CC#N. The average molecular weight is 611 g/mol. The lowest BCUT2D eigenvalue weighted by Gasteiger charge is -2.60. The molecular formula is C31H47FN10O2. The van der Waals surface area contributed by atoms with E-state index >= 15 is 4.39 Å². The van der Waals surface area contributed by atoms with Gasteiger partial charge in [-0.25, -0.2) is 9.18 Å². The van der Waals surface area contributed by atoms with Gasteiger partial charge in [-0.1, -0.05) is 32.6 Å². The zero-order valence-corrected chi connectivity index (χ0v) is 26.0. The molecule has 0 aliphatic carbocycles. The number of piperazine rings is 1. The van der Waals surface area contributed by atoms with Crippen molar-refractivity contribution in [1.82, 2.24) is 46.6 Å². The number of hydrogen-bond donors (Lipinski definition) is 5. The highest BCUT2D eigenvalue weighted by atomic mass is 19.1. The van der Waals surface area contributed by atoms with Crippen LogP contribution in [-0.2, 0) is 4.79 Å². The van der Waals surface area contributed by atoms with E-state index in [-0.39, 0.29) is 66.7 Å². The van der Waals surface area contributed by atoms with Gasteiger partial charge in [0.25, 0.3) is 0 Å². The summed E-state index contributed by atoms with van der Waals surface area (Å²) < 4.78 is 16.4. The molecule has 44 heavy (non-hydrogen) atoms. The summed E-state index contributed by atoms with van der Waals surface area (Å²) >= 11 is 0. The van der Waals surface area contributed by atoms with Gasteiger partial charge in [0.05, 0.1) is 42.6 Å². The summed E-state index contributed by atoms with van der Waals surface area (Å²) in [5.41, 5.74) is 7.09. The van der Waals surface area contributed by atoms with Gasteiger partial charge in [-0.2, -0.15) is 5.26 Å². The van der Waals surface area contributed by atoms with Crippen molar-refractivity contribution in [1.29, 1.82) is 5.26 Å². The minimum Gasteiger partial charge on any atom is -0.332 e. The topological polar surface area (TPSA) is 131 Å². The van der Waals surface area contributed by atoms with Crippen LogP contribution in [-0.4, -0.2) is 100 Å². The fraction of sp³-hybridized carbons (Fsp3) is 0.710. The summed E-state index contributed by atoms with van der Waals surface area (Å²) in [6.07, 6.45) is 7.60. The second-order valence-corrected chi connectivity index (χ2v) is 13.5. The molecule has 13 heteroatoms. The van der Waals surface area contributed by atoms with E-state index in [1.165, 1.54) is 6.08 Å². The van der Waals surface area contributed by atoms with Gasteiger partial charge in [-0.05, 0) is 50.6 Å². The Bertz CT molecular complexity index is 1220. The maximum atomic E-state index is 16.4. The molecular weight excluding hydrogens is 563 g/mol. The number of hydrogen-bond acceptors (Lipinski definition) is 9. The summed E-state index contributed by atoms with van der Waals surface area (Å²) in [6, 6.07) is 1.59. The summed E-state index contributed by atoms with van der Waals surface area (Å²) in [7, 11) is 0. The van der Waals surface area contributed by atoms with Crippen LogP contribution in [0.1, 0.15) is 52.9 Å². The van der Waals surface area contributed by atoms with E-state index in [1.807, 2.05) is 23.0 Å². The number of hydrazine groups is 2. The highest BCUT2D eigenvalue weighted by Crippen LogP contribution is 2.40. The summed E-state index contributed by atoms with van der Waals surface area (Å²) in [5, 5.41) is 22.1. The van der Waals surface area contributed by atoms with Crippen molar-refractivity contribution < 1.29 is 14.0 Å². The van der Waals surface area contributed by atoms with Crippen LogP contribution in [0.3, 0.4) is 0 Å². The monoisotopic (exact) mass is 610 g/mol. The molecule has 6 heterocycles. The maximum absolute atomic E-state index is 16.4. The van der Waals surface area contributed by atoms with Crippen LogP contribution in [0.2, 0.25) is 0 Å². The Balaban J connectivity index is 1.39. The first-order chi connectivity index (χ1) is 21.2. The minimum atomic E-state index is -1.23. The maximum Gasteiger partial charge on any atom is 0.320 e. The molecule has 3 amide bonds. The largest absolute Gasteiger partial charge is 0.332 e. The molecule has 6 aliphatic heterocycles. The Hall–Kier alpha value is -3.18. The van der Waals surface area contributed by atoms with Gasteiger partial charge in [0.1, 0.15) is 12.3 Å². The predicted molar refractivity (Wildman–Crippen MR) is 163 cm³/mol. The highest BCUT2D eigenvalue weighted by molar-refractivity contribution is 5.87. The van der Waals surface area contributed by atoms with Gasteiger partial charge in [-0.15, -0.1) is 5.53 Å². The first-order valence-corrected chi connectivity index (χ1v) is 16.2. The van der Waals surface area contributed by atoms with Gasteiger partial charge < -0.3 is 25.9 Å². The predicted octanol–water partition coefficient (Wildman–Crippen LogP) is 1.46. The van der Waals surface area contributed by atoms with Crippen molar-refractivity contribution in [2.75, 3.05) is 19.6 Å². The molecule has 4 saturated heterocycles. The lowest BCUT2D eigenvalue weighted by atomic mass is 9.76. The lowest BCUT2D eigenvalue weighted by molar-refractivity contribution is -0.138. The molecule has 5 N–H and O–H groups in total. The molecule has 4 fully saturated rings. The normalized spacial score (nSPS) is 39.1. The number of carbonyl (C=O) groups is 2. The molecule has 2 bridgehead atoms. The average Bonchev–Trinajstić information content (AvgIpc) is 3.47. The summed E-state index contributed by atoms with van der Waals surface area (Å²) in [4.78, 5) is 33.0. The number of fused-ring (bicyclic) bond motifs is 5. The standard InChI is InChI=1S/C31H47FN10O2/c1-5-25(43)40-16-19(4)39(17-22(40)10-12-33)28-23-14-24(32)30-36-29(23)41(31(44)37-28)27-20(11-13-34-26(27)18(2)3)8-6-7-9-21-15-35-38-42(21)30/h5-7,15,18-20,22-24,26-30,34-36,38H,1,8-11,13-14,16-17H2,2-4H3,(H,37,44). The number of piperidine rings is 2. The Morgan fingerprint density at radius 3 is 2.82 bits per heavy atom. The third-order valence-electron chi connectivity index (χ3n) is 10.6. The van der Waals surface area contributed by atoms with Crippen molar-refractivity contribution in [3.63, 3.8) is 0 Å². The molecule has 12 nitrogen and oxygen atoms in total. The van der Waals surface area contributed by atoms with Crippen LogP contribution in [0.5, 0.6) is 0 Å². The number of halogens is 1. The van der Waals surface area contributed by atoms with Crippen molar-refractivity contribution in [3.05, 3.63) is 36.7 Å². The number of amides is 3. The quantitative estimate of drug-likeness (QED) is 0.237. The van der Waals surface area contributed by atoms with Gasteiger partial charge >= 0.3 is 6.03 Å². The van der Waals surface area contributed by atoms with E-state index in [9.17, 15) is 14.9 Å². The van der Waals surface area contributed by atoms with Crippen LogP contribution in [0.4, 0.5) is 9.18 Å². The number of alkyl halides is 1. The van der Waals surface area contributed by atoms with E-state index < -0.39 is 24.7 Å². The molecule has 0 aromatic heterocycles. The molecule has 240 valence electrons. The fourth-order valence-corrected chi connectivity index (χ4v) is 8.46. The van der Waals surface area contributed by atoms with Crippen molar-refractivity contribution >= 4 is 11.9 Å². The lowest BCUT2D eigenvalue weighted by Crippen LogP contribution is -2.80. The molecule has 0 aromatic carbocycles. The molecule has 10 unspecified atom stereocenters. The Morgan fingerprint density at radius 2 is 2.07 bits per heavy atom. The fourth-order valence-electron chi connectivity index (χ4n) is 8.46. The Kier molecular flexibility index (Phi) is 8.88. The number of urea groups is 1. The number of nitrogens with zero attached hydrogens (tertiary/aromatic N) is 5. The summed E-state index contributed by atoms with van der Waals surface area (Å²) in [6.45, 7) is 11.8. The molecule has 6 aliphatic rings. The molecule has 0 saturated carbocycles. The van der Waals surface area contributed by atoms with Crippen LogP contribution < -0.4 is 26.9 Å². The van der Waals surface area contributed by atoms with Crippen molar-refractivity contribution in [2.24, 2.45) is 17.8 Å². The third kappa shape index (κ3) is 5.46. The minimum absolute atomic E-state index is 0.0870. The van der Waals surface area contributed by atoms with Crippen molar-refractivity contribution in [2.45, 2.75) is 102 Å². The number of allylic oxidation sites excluding steroid dienone is 2. The second-order valence-electron chi connectivity index (χ2n) is 13.5. The molecule has 0 radical (unpaired) electrons. The third-order valence-corrected chi connectivity index (χ3v) is 10.6. The molecule has 10 atom stereocenters. The first-order valence-electron chi connectivity index (χ1n) is 16.2. The Morgan fingerprint density at radius 1 is 1.25 bits per heavy atom. The number of carbonyl (C=O) groups excluding carboxylic acids is 2. The van der Waals surface area contributed by atoms with Crippen LogP contribution in [0.25, 0.3) is 0 Å². The van der Waals surface area contributed by atoms with E-state index in [4.69, 9.17) is 0 Å². The highest BCUT2D eigenvalue weighted by Gasteiger charge is 2.56. The first kappa shape index (κ1) is 30.8. The van der Waals surface area contributed by atoms with Crippen LogP contribution in [0.15, 0.2) is 36.7 Å². The Labute approximate surface area is 259 Å². The zero-order valence-electron chi connectivity index (χ0n) is 26.0. The van der Waals surface area contributed by atoms with E-state index in [2.05, 4.69) is 70.5 Å². The van der Waals surface area contributed by atoms with E-state index in [0.717, 1.165) is 25.1 Å². The summed E-state index contributed by atoms with van der Waals surface area (Å²) in [5.74, 6) is 0.0601. The van der Waals surface area contributed by atoms with Gasteiger partial charge in [0.15, 0.2) is 0 Å². The molecule has 6 rings (SSSR count). The van der Waals surface area contributed by atoms with Gasteiger partial charge in [0.2, 0.25) is 5.91 Å². The molecule has 0 spiro atoms. The molecule has 0 aromatic rings. The van der Waals surface area contributed by atoms with Crippen LogP contribution >= 0.6 is 0 Å². The van der Waals surface area contributed by atoms with E-state index in [0.29, 0.717) is 19.5 Å². The second kappa shape index (κ2) is 12.7. The van der Waals surface area contributed by atoms with E-state index in [1.54, 1.807) is 4.90 Å². The smallest absolute Gasteiger partial charge is 0.320 e. The number of nitrogens with one attached hydrogen (secondary N) is 5. The van der Waals surface area contributed by atoms with Crippen molar-refractivity contribution in [3.8, 4) is 6.07 Å².